The third-order valence-corrected chi connectivity index (χ3v) is 7.78. The molecule has 0 spiro atoms. The molecule has 6 aromatic rings. The van der Waals surface area contributed by atoms with Gasteiger partial charge in [0.05, 0.1) is 24.3 Å². The van der Waals surface area contributed by atoms with E-state index in [1.807, 2.05) is 60.8 Å². The Hall–Kier alpha value is -4.95. The molecule has 42 heavy (non-hydrogen) atoms. The quantitative estimate of drug-likeness (QED) is 0.197. The van der Waals surface area contributed by atoms with E-state index in [-0.39, 0.29) is 0 Å². The van der Waals surface area contributed by atoms with Gasteiger partial charge in [-0.1, -0.05) is 48.5 Å². The molecule has 1 saturated heterocycles. The van der Waals surface area contributed by atoms with Crippen molar-refractivity contribution in [2.24, 2.45) is 0 Å². The molecular weight excluding hydrogens is 524 g/mol. The molecule has 0 radical (unpaired) electrons. The summed E-state index contributed by atoms with van der Waals surface area (Å²) < 4.78 is 12.0. The Bertz CT molecular complexity index is 1850. The SMILES string of the molecule is COc1cc2nc(-c3cccc(-c4ccccc4)c3)nc(Nc3ccc4[nH]ncc4c3)c2cc1OCCN1CCCC1. The Morgan fingerprint density at radius 3 is 2.52 bits per heavy atom. The molecule has 8 heteroatoms. The zero-order chi connectivity index (χ0) is 28.3. The van der Waals surface area contributed by atoms with Crippen LogP contribution < -0.4 is 14.8 Å². The van der Waals surface area contributed by atoms with Crippen LogP contribution in [0, 0.1) is 0 Å². The smallest absolute Gasteiger partial charge is 0.162 e. The lowest BCUT2D eigenvalue weighted by Gasteiger charge is -2.18. The van der Waals surface area contributed by atoms with E-state index in [0.29, 0.717) is 29.7 Å². The highest BCUT2D eigenvalue weighted by molar-refractivity contribution is 5.95. The van der Waals surface area contributed by atoms with Crippen molar-refractivity contribution in [2.45, 2.75) is 12.8 Å². The largest absolute Gasteiger partial charge is 0.493 e. The molecular formula is C34H32N6O2. The number of fused-ring (bicyclic) bond motifs is 2. The zero-order valence-corrected chi connectivity index (χ0v) is 23.5. The number of anilines is 2. The number of methoxy groups -OCH3 is 1. The standard InChI is InChI=1S/C34H32N6O2/c1-41-31-21-30-28(20-32(31)42-17-16-40-14-5-6-15-40)34(36-27-12-13-29-26(19-27)22-35-39-29)38-33(37-30)25-11-7-10-24(18-25)23-8-3-2-4-9-23/h2-4,7-13,18-22H,5-6,14-17H2,1H3,(H,35,39)(H,36,37,38). The number of aromatic nitrogens is 4. The highest BCUT2D eigenvalue weighted by Gasteiger charge is 2.17. The summed E-state index contributed by atoms with van der Waals surface area (Å²) in [7, 11) is 1.67. The summed E-state index contributed by atoms with van der Waals surface area (Å²) in [5, 5.41) is 12.6. The summed E-state index contributed by atoms with van der Waals surface area (Å²) in [6.45, 7) is 3.75. The Labute approximate surface area is 244 Å². The molecule has 1 fully saturated rings. The maximum absolute atomic E-state index is 6.27. The van der Waals surface area contributed by atoms with Gasteiger partial charge in [-0.2, -0.15) is 5.10 Å². The molecule has 0 atom stereocenters. The van der Waals surface area contributed by atoms with E-state index in [9.17, 15) is 0 Å². The normalized spacial score (nSPS) is 13.5. The van der Waals surface area contributed by atoms with Crippen molar-refractivity contribution >= 4 is 33.3 Å². The molecule has 210 valence electrons. The summed E-state index contributed by atoms with van der Waals surface area (Å²) >= 11 is 0. The van der Waals surface area contributed by atoms with Gasteiger partial charge in [-0.05, 0) is 67.4 Å². The van der Waals surface area contributed by atoms with Crippen LogP contribution >= 0.6 is 0 Å². The minimum atomic E-state index is 0.590. The second-order valence-electron chi connectivity index (χ2n) is 10.6. The molecule has 0 unspecified atom stereocenters. The van der Waals surface area contributed by atoms with E-state index in [1.54, 1.807) is 7.11 Å². The van der Waals surface area contributed by atoms with Crippen molar-refractivity contribution in [1.82, 2.24) is 25.1 Å². The molecule has 0 bridgehead atoms. The molecule has 4 aromatic carbocycles. The molecule has 0 aliphatic carbocycles. The van der Waals surface area contributed by atoms with E-state index in [2.05, 4.69) is 50.7 Å². The minimum Gasteiger partial charge on any atom is -0.493 e. The fourth-order valence-electron chi connectivity index (χ4n) is 5.55. The molecule has 0 saturated carbocycles. The lowest BCUT2D eigenvalue weighted by Crippen LogP contribution is -2.25. The van der Waals surface area contributed by atoms with Crippen LogP contribution in [0.4, 0.5) is 11.5 Å². The molecule has 0 amide bonds. The zero-order valence-electron chi connectivity index (χ0n) is 23.5. The Balaban J connectivity index is 1.30. The number of ether oxygens (including phenoxy) is 2. The van der Waals surface area contributed by atoms with E-state index in [4.69, 9.17) is 19.4 Å². The first-order chi connectivity index (χ1) is 20.7. The molecule has 8 nitrogen and oxygen atoms in total. The van der Waals surface area contributed by atoms with Crippen LogP contribution in [0.15, 0.2) is 91.1 Å². The number of H-pyrrole nitrogens is 1. The van der Waals surface area contributed by atoms with Gasteiger partial charge in [0.15, 0.2) is 17.3 Å². The van der Waals surface area contributed by atoms with Gasteiger partial charge >= 0.3 is 0 Å². The first-order valence-electron chi connectivity index (χ1n) is 14.3. The monoisotopic (exact) mass is 556 g/mol. The second-order valence-corrected chi connectivity index (χ2v) is 10.6. The summed E-state index contributed by atoms with van der Waals surface area (Å²) in [6, 6.07) is 28.7. The van der Waals surface area contributed by atoms with E-state index >= 15 is 0 Å². The molecule has 2 aromatic heterocycles. The maximum Gasteiger partial charge on any atom is 0.162 e. The van der Waals surface area contributed by atoms with E-state index in [1.165, 1.54) is 12.8 Å². The average molecular weight is 557 g/mol. The van der Waals surface area contributed by atoms with Crippen LogP contribution in [0.2, 0.25) is 0 Å². The van der Waals surface area contributed by atoms with Gasteiger partial charge in [-0.25, -0.2) is 9.97 Å². The van der Waals surface area contributed by atoms with Gasteiger partial charge in [0.2, 0.25) is 0 Å². The number of nitrogens with one attached hydrogen (secondary N) is 2. The summed E-state index contributed by atoms with van der Waals surface area (Å²) in [5.41, 5.74) is 5.82. The second kappa shape index (κ2) is 11.5. The Kier molecular flexibility index (Phi) is 7.12. The summed E-state index contributed by atoms with van der Waals surface area (Å²) in [4.78, 5) is 12.5. The average Bonchev–Trinajstić information content (AvgIpc) is 3.73. The lowest BCUT2D eigenvalue weighted by molar-refractivity contribution is 0.230. The van der Waals surface area contributed by atoms with E-state index in [0.717, 1.165) is 63.8 Å². The first-order valence-corrected chi connectivity index (χ1v) is 14.3. The van der Waals surface area contributed by atoms with Crippen LogP contribution in [-0.2, 0) is 0 Å². The van der Waals surface area contributed by atoms with Crippen LogP contribution in [0.5, 0.6) is 11.5 Å². The highest BCUT2D eigenvalue weighted by atomic mass is 16.5. The number of aromatic amines is 1. The van der Waals surface area contributed by atoms with Crippen molar-refractivity contribution < 1.29 is 9.47 Å². The van der Waals surface area contributed by atoms with Gasteiger partial charge < -0.3 is 14.8 Å². The third-order valence-electron chi connectivity index (χ3n) is 7.78. The van der Waals surface area contributed by atoms with Crippen LogP contribution in [0.1, 0.15) is 12.8 Å². The summed E-state index contributed by atoms with van der Waals surface area (Å²) in [6.07, 6.45) is 4.33. The van der Waals surface area contributed by atoms with Gasteiger partial charge in [-0.15, -0.1) is 0 Å². The molecule has 1 aliphatic heterocycles. The van der Waals surface area contributed by atoms with Crippen molar-refractivity contribution in [3.8, 4) is 34.0 Å². The minimum absolute atomic E-state index is 0.590. The number of hydrogen-bond acceptors (Lipinski definition) is 7. The number of rotatable bonds is 9. The molecule has 3 heterocycles. The van der Waals surface area contributed by atoms with Crippen LogP contribution in [0.3, 0.4) is 0 Å². The third kappa shape index (κ3) is 5.36. The Morgan fingerprint density at radius 1 is 0.833 bits per heavy atom. The number of likely N-dealkylation sites (tertiary alicyclic amines) is 1. The highest BCUT2D eigenvalue weighted by Crippen LogP contribution is 2.37. The van der Waals surface area contributed by atoms with Gasteiger partial charge in [-0.3, -0.25) is 10.00 Å². The van der Waals surface area contributed by atoms with Gasteiger partial charge in [0.1, 0.15) is 12.4 Å². The molecule has 2 N–H and O–H groups in total. The predicted molar refractivity (Wildman–Crippen MR) is 168 cm³/mol. The fourth-order valence-corrected chi connectivity index (χ4v) is 5.55. The Morgan fingerprint density at radius 2 is 1.67 bits per heavy atom. The lowest BCUT2D eigenvalue weighted by atomic mass is 10.0. The fraction of sp³-hybridized carbons (Fsp3) is 0.206. The van der Waals surface area contributed by atoms with Crippen molar-refractivity contribution in [1.29, 1.82) is 0 Å². The van der Waals surface area contributed by atoms with Crippen LogP contribution in [0.25, 0.3) is 44.3 Å². The van der Waals surface area contributed by atoms with E-state index < -0.39 is 0 Å². The number of nitrogens with zero attached hydrogens (tertiary/aromatic N) is 4. The van der Waals surface area contributed by atoms with Crippen molar-refractivity contribution in [3.63, 3.8) is 0 Å². The van der Waals surface area contributed by atoms with Gasteiger partial charge in [0, 0.05) is 34.6 Å². The first kappa shape index (κ1) is 26.0. The van der Waals surface area contributed by atoms with Gasteiger partial charge in [0.25, 0.3) is 0 Å². The number of hydrogen-bond donors (Lipinski definition) is 2. The van der Waals surface area contributed by atoms with Crippen LogP contribution in [-0.4, -0.2) is 58.4 Å². The molecule has 1 aliphatic rings. The molecule has 7 rings (SSSR count). The van der Waals surface area contributed by atoms with Crippen molar-refractivity contribution in [2.75, 3.05) is 38.7 Å². The topological polar surface area (TPSA) is 88.2 Å². The van der Waals surface area contributed by atoms with Crippen molar-refractivity contribution in [3.05, 3.63) is 91.1 Å². The maximum atomic E-state index is 6.27. The predicted octanol–water partition coefficient (Wildman–Crippen LogP) is 7.07. The number of benzene rings is 4. The summed E-state index contributed by atoms with van der Waals surface area (Å²) in [5.74, 6) is 2.64.